The van der Waals surface area contributed by atoms with Crippen LogP contribution in [0.2, 0.25) is 0 Å². The fourth-order valence-electron chi connectivity index (χ4n) is 2.45. The van der Waals surface area contributed by atoms with E-state index in [0.717, 1.165) is 38.9 Å². The third-order valence-electron chi connectivity index (χ3n) is 3.86. The summed E-state index contributed by atoms with van der Waals surface area (Å²) in [7, 11) is 1.72. The highest BCUT2D eigenvalue weighted by molar-refractivity contribution is 5.83. The van der Waals surface area contributed by atoms with Gasteiger partial charge < -0.3 is 20.1 Å². The highest BCUT2D eigenvalue weighted by Crippen LogP contribution is 2.32. The molecule has 1 aliphatic carbocycles. The Bertz CT molecular complexity index is 338. The van der Waals surface area contributed by atoms with Crippen molar-refractivity contribution in [3.63, 3.8) is 0 Å². The zero-order valence-electron chi connectivity index (χ0n) is 11.3. The summed E-state index contributed by atoms with van der Waals surface area (Å²) in [6, 6.07) is -1.02. The molecule has 6 nitrogen and oxygen atoms in total. The predicted octanol–water partition coefficient (Wildman–Crippen LogP) is 0.918. The molecule has 1 aliphatic heterocycles. The molecule has 1 atom stereocenters. The molecule has 1 saturated carbocycles. The topological polar surface area (TPSA) is 78.9 Å². The second-order valence-corrected chi connectivity index (χ2v) is 5.54. The van der Waals surface area contributed by atoms with Gasteiger partial charge in [-0.1, -0.05) is 0 Å². The molecule has 1 saturated heterocycles. The first-order valence-electron chi connectivity index (χ1n) is 6.90. The van der Waals surface area contributed by atoms with Gasteiger partial charge in [0.15, 0.2) is 0 Å². The summed E-state index contributed by atoms with van der Waals surface area (Å²) < 4.78 is 5.28. The Balaban J connectivity index is 1.78. The van der Waals surface area contributed by atoms with Crippen molar-refractivity contribution in [2.75, 3.05) is 26.8 Å². The van der Waals surface area contributed by atoms with Crippen LogP contribution >= 0.6 is 0 Å². The van der Waals surface area contributed by atoms with Gasteiger partial charge in [-0.3, -0.25) is 0 Å². The van der Waals surface area contributed by atoms with Crippen molar-refractivity contribution in [1.29, 1.82) is 0 Å². The number of hydrogen-bond donors (Lipinski definition) is 2. The number of urea groups is 1. The molecule has 0 radical (unpaired) electrons. The third-order valence-corrected chi connectivity index (χ3v) is 3.86. The molecule has 0 spiro atoms. The average Bonchev–Trinajstić information content (AvgIpc) is 3.20. The van der Waals surface area contributed by atoms with Gasteiger partial charge in [0.25, 0.3) is 0 Å². The maximum absolute atomic E-state index is 12.0. The lowest BCUT2D eigenvalue weighted by molar-refractivity contribution is -0.139. The van der Waals surface area contributed by atoms with Crippen molar-refractivity contribution in [1.82, 2.24) is 10.2 Å². The monoisotopic (exact) mass is 270 g/mol. The van der Waals surface area contributed by atoms with Gasteiger partial charge in [-0.2, -0.15) is 0 Å². The molecule has 2 N–H and O–H groups in total. The smallest absolute Gasteiger partial charge is 0.326 e. The summed E-state index contributed by atoms with van der Waals surface area (Å²) in [5, 5.41) is 11.7. The lowest BCUT2D eigenvalue weighted by atomic mass is 10.00. The van der Waals surface area contributed by atoms with Crippen molar-refractivity contribution in [3.8, 4) is 0 Å². The first kappa shape index (κ1) is 14.1. The summed E-state index contributed by atoms with van der Waals surface area (Å²) in [6.45, 7) is 2.16. The van der Waals surface area contributed by atoms with E-state index in [9.17, 15) is 9.59 Å². The Labute approximate surface area is 113 Å². The van der Waals surface area contributed by atoms with Gasteiger partial charge in [0, 0.05) is 26.8 Å². The number of aliphatic carboxylic acids is 1. The predicted molar refractivity (Wildman–Crippen MR) is 68.9 cm³/mol. The molecular weight excluding hydrogens is 248 g/mol. The maximum atomic E-state index is 12.0. The van der Waals surface area contributed by atoms with Gasteiger partial charge >= 0.3 is 12.0 Å². The molecule has 0 aromatic carbocycles. The van der Waals surface area contributed by atoms with Gasteiger partial charge in [-0.05, 0) is 37.5 Å². The molecule has 1 unspecified atom stereocenters. The van der Waals surface area contributed by atoms with Crippen LogP contribution in [0.4, 0.5) is 4.79 Å². The van der Waals surface area contributed by atoms with E-state index in [2.05, 4.69) is 5.32 Å². The number of carboxylic acid groups (broad SMARTS) is 1. The molecule has 0 bridgehead atoms. The zero-order chi connectivity index (χ0) is 13.8. The molecule has 2 amide bonds. The van der Waals surface area contributed by atoms with E-state index in [1.807, 2.05) is 0 Å². The van der Waals surface area contributed by atoms with Gasteiger partial charge in [0.05, 0.1) is 0 Å². The van der Waals surface area contributed by atoms with Crippen LogP contribution in [0.1, 0.15) is 25.7 Å². The second-order valence-electron chi connectivity index (χ2n) is 5.54. The number of rotatable bonds is 5. The molecule has 1 heterocycles. The minimum absolute atomic E-state index is 0.109. The van der Waals surface area contributed by atoms with Crippen molar-refractivity contribution in [2.45, 2.75) is 31.7 Å². The van der Waals surface area contributed by atoms with Crippen molar-refractivity contribution in [3.05, 3.63) is 0 Å². The van der Waals surface area contributed by atoms with Crippen LogP contribution in [0, 0.1) is 11.8 Å². The highest BCUT2D eigenvalue weighted by atomic mass is 16.5. The Morgan fingerprint density at radius 2 is 1.95 bits per heavy atom. The fourth-order valence-corrected chi connectivity index (χ4v) is 2.45. The van der Waals surface area contributed by atoms with Crippen LogP contribution < -0.4 is 5.32 Å². The molecule has 2 fully saturated rings. The highest BCUT2D eigenvalue weighted by Gasteiger charge is 2.37. The van der Waals surface area contributed by atoms with Crippen LogP contribution in [-0.2, 0) is 9.53 Å². The number of nitrogens with one attached hydrogen (secondary N) is 1. The minimum Gasteiger partial charge on any atom is -0.480 e. The molecule has 19 heavy (non-hydrogen) atoms. The number of carbonyl (C=O) groups excluding carboxylic acids is 1. The van der Waals surface area contributed by atoms with E-state index in [1.54, 1.807) is 11.9 Å². The van der Waals surface area contributed by atoms with Gasteiger partial charge in [0.1, 0.15) is 6.04 Å². The SMILES string of the molecule is CN(CC1CCOCC1)C(=O)NC(C(=O)O)C1CC1. The zero-order valence-corrected chi connectivity index (χ0v) is 11.3. The number of amides is 2. The van der Waals surface area contributed by atoms with E-state index >= 15 is 0 Å². The summed E-state index contributed by atoms with van der Waals surface area (Å²) in [6.07, 6.45) is 3.70. The standard InChI is InChI=1S/C13H22N2O4/c1-15(8-9-4-6-19-7-5-9)13(18)14-11(12(16)17)10-2-3-10/h9-11H,2-8H2,1H3,(H,14,18)(H,16,17). The summed E-state index contributed by atoms with van der Waals surface area (Å²) in [5.74, 6) is -0.373. The second kappa shape index (κ2) is 6.23. The summed E-state index contributed by atoms with van der Waals surface area (Å²) >= 11 is 0. The lowest BCUT2D eigenvalue weighted by Gasteiger charge is -2.28. The summed E-state index contributed by atoms with van der Waals surface area (Å²) in [5.41, 5.74) is 0. The van der Waals surface area contributed by atoms with Crippen LogP contribution in [0.3, 0.4) is 0 Å². The fraction of sp³-hybridized carbons (Fsp3) is 0.846. The Kier molecular flexibility index (Phi) is 4.63. The van der Waals surface area contributed by atoms with E-state index in [4.69, 9.17) is 9.84 Å². The summed E-state index contributed by atoms with van der Waals surface area (Å²) in [4.78, 5) is 24.7. The minimum atomic E-state index is -0.935. The van der Waals surface area contributed by atoms with E-state index in [-0.39, 0.29) is 11.9 Å². The Morgan fingerprint density at radius 1 is 1.32 bits per heavy atom. The molecule has 0 aromatic rings. The molecule has 2 rings (SSSR count). The lowest BCUT2D eigenvalue weighted by Crippen LogP contribution is -2.49. The van der Waals surface area contributed by atoms with Crippen LogP contribution in [-0.4, -0.2) is 54.9 Å². The maximum Gasteiger partial charge on any atom is 0.326 e. The molecular formula is C13H22N2O4. The van der Waals surface area contributed by atoms with E-state index in [0.29, 0.717) is 12.5 Å². The molecule has 2 aliphatic rings. The number of carbonyl (C=O) groups is 2. The average molecular weight is 270 g/mol. The van der Waals surface area contributed by atoms with Crippen LogP contribution in [0.15, 0.2) is 0 Å². The van der Waals surface area contributed by atoms with E-state index < -0.39 is 12.0 Å². The largest absolute Gasteiger partial charge is 0.480 e. The Morgan fingerprint density at radius 3 is 2.47 bits per heavy atom. The van der Waals surface area contributed by atoms with Crippen LogP contribution in [0.25, 0.3) is 0 Å². The van der Waals surface area contributed by atoms with Gasteiger partial charge in [-0.25, -0.2) is 9.59 Å². The number of carboxylic acids is 1. The first-order valence-corrected chi connectivity index (χ1v) is 6.90. The van der Waals surface area contributed by atoms with E-state index in [1.165, 1.54) is 0 Å². The Hall–Kier alpha value is -1.30. The molecule has 108 valence electrons. The number of hydrogen-bond acceptors (Lipinski definition) is 3. The number of ether oxygens (including phenoxy) is 1. The molecule has 6 heteroatoms. The van der Waals surface area contributed by atoms with Crippen LogP contribution in [0.5, 0.6) is 0 Å². The van der Waals surface area contributed by atoms with Crippen molar-refractivity contribution in [2.24, 2.45) is 11.8 Å². The van der Waals surface area contributed by atoms with Gasteiger partial charge in [0.2, 0.25) is 0 Å². The van der Waals surface area contributed by atoms with Gasteiger partial charge in [-0.15, -0.1) is 0 Å². The van der Waals surface area contributed by atoms with Crippen molar-refractivity contribution < 1.29 is 19.4 Å². The third kappa shape index (κ3) is 4.09. The normalized spacial score (nSPS) is 21.7. The number of nitrogens with zero attached hydrogens (tertiary/aromatic N) is 1. The molecule has 0 aromatic heterocycles. The first-order chi connectivity index (χ1) is 9.08. The quantitative estimate of drug-likeness (QED) is 0.778. The van der Waals surface area contributed by atoms with Crippen molar-refractivity contribution >= 4 is 12.0 Å².